The fraction of sp³-hybridized carbons (Fsp3) is 0.429. The van der Waals surface area contributed by atoms with Crippen LogP contribution >= 0.6 is 0 Å². The number of benzene rings is 1. The van der Waals surface area contributed by atoms with Crippen LogP contribution < -0.4 is 10.6 Å². The average molecular weight is 282 g/mol. The molecule has 0 aliphatic heterocycles. The number of amides is 2. The highest BCUT2D eigenvalue weighted by Gasteiger charge is 2.14. The van der Waals surface area contributed by atoms with E-state index in [2.05, 4.69) is 10.6 Å². The maximum Gasteiger partial charge on any atom is 0.309 e. The molecule has 1 aromatic rings. The summed E-state index contributed by atoms with van der Waals surface area (Å²) in [4.78, 5) is 22.9. The van der Waals surface area contributed by atoms with Gasteiger partial charge < -0.3 is 15.7 Å². The van der Waals surface area contributed by atoms with Crippen LogP contribution in [0, 0.1) is 5.82 Å². The van der Waals surface area contributed by atoms with Crippen LogP contribution in [0.5, 0.6) is 0 Å². The van der Waals surface area contributed by atoms with Gasteiger partial charge in [-0.1, -0.05) is 25.5 Å². The van der Waals surface area contributed by atoms with Gasteiger partial charge in [0, 0.05) is 13.1 Å². The predicted octanol–water partition coefficient (Wildman–Crippen LogP) is 0.719. The lowest BCUT2D eigenvalue weighted by Gasteiger charge is -2.10. The molecule has 0 aliphatic carbocycles. The van der Waals surface area contributed by atoms with Crippen molar-refractivity contribution in [2.45, 2.75) is 32.4 Å². The largest absolute Gasteiger partial charge is 0.391 e. The number of nitrogens with one attached hydrogen (secondary N) is 2. The summed E-state index contributed by atoms with van der Waals surface area (Å²) >= 11 is 0. The van der Waals surface area contributed by atoms with Crippen molar-refractivity contribution in [1.29, 1.82) is 0 Å². The monoisotopic (exact) mass is 282 g/mol. The third kappa shape index (κ3) is 5.79. The van der Waals surface area contributed by atoms with E-state index in [1.165, 1.54) is 24.3 Å². The van der Waals surface area contributed by atoms with Crippen LogP contribution in [0.1, 0.15) is 25.3 Å². The molecule has 3 N–H and O–H groups in total. The summed E-state index contributed by atoms with van der Waals surface area (Å²) in [5, 5.41) is 14.2. The Morgan fingerprint density at radius 3 is 2.40 bits per heavy atom. The van der Waals surface area contributed by atoms with E-state index in [0.29, 0.717) is 12.0 Å². The van der Waals surface area contributed by atoms with Crippen molar-refractivity contribution in [1.82, 2.24) is 10.6 Å². The molecule has 0 heterocycles. The van der Waals surface area contributed by atoms with Gasteiger partial charge >= 0.3 is 11.8 Å². The molecule has 0 fully saturated rings. The molecule has 0 saturated heterocycles. The summed E-state index contributed by atoms with van der Waals surface area (Å²) < 4.78 is 12.7. The van der Waals surface area contributed by atoms with Gasteiger partial charge in [-0.05, 0) is 24.1 Å². The quantitative estimate of drug-likeness (QED) is 0.673. The van der Waals surface area contributed by atoms with Crippen molar-refractivity contribution in [2.75, 3.05) is 6.54 Å². The number of carbonyl (C=O) groups is 2. The number of hydrogen-bond acceptors (Lipinski definition) is 3. The fourth-order valence-electron chi connectivity index (χ4n) is 1.59. The number of aliphatic hydroxyl groups excluding tert-OH is 1. The van der Waals surface area contributed by atoms with Gasteiger partial charge in [0.05, 0.1) is 6.10 Å². The molecule has 110 valence electrons. The average Bonchev–Trinajstić information content (AvgIpc) is 2.44. The number of halogens is 1. The zero-order valence-corrected chi connectivity index (χ0v) is 11.4. The van der Waals surface area contributed by atoms with Crippen LogP contribution in [0.25, 0.3) is 0 Å². The Morgan fingerprint density at radius 1 is 1.20 bits per heavy atom. The minimum atomic E-state index is -0.790. The minimum absolute atomic E-state index is 0.0522. The molecule has 0 radical (unpaired) electrons. The third-order valence-electron chi connectivity index (χ3n) is 2.69. The van der Waals surface area contributed by atoms with E-state index in [9.17, 15) is 19.1 Å². The van der Waals surface area contributed by atoms with Crippen molar-refractivity contribution >= 4 is 11.8 Å². The van der Waals surface area contributed by atoms with Crippen LogP contribution in [0.15, 0.2) is 24.3 Å². The molecule has 0 spiro atoms. The second-order valence-electron chi connectivity index (χ2n) is 4.46. The molecule has 0 bridgehead atoms. The van der Waals surface area contributed by atoms with Gasteiger partial charge in [-0.2, -0.15) is 0 Å². The Bertz CT molecular complexity index is 448. The summed E-state index contributed by atoms with van der Waals surface area (Å²) in [7, 11) is 0. The predicted molar refractivity (Wildman–Crippen MR) is 72.2 cm³/mol. The summed E-state index contributed by atoms with van der Waals surface area (Å²) in [5.41, 5.74) is 0.693. The highest BCUT2D eigenvalue weighted by atomic mass is 19.1. The van der Waals surface area contributed by atoms with Gasteiger partial charge in [-0.3, -0.25) is 9.59 Å². The van der Waals surface area contributed by atoms with Crippen LogP contribution in [-0.4, -0.2) is 29.6 Å². The molecular formula is C14H19FN2O3. The van der Waals surface area contributed by atoms with E-state index in [1.54, 1.807) is 0 Å². The highest BCUT2D eigenvalue weighted by molar-refractivity contribution is 6.35. The summed E-state index contributed by atoms with van der Waals surface area (Å²) in [6, 6.07) is 5.61. The smallest absolute Gasteiger partial charge is 0.309 e. The molecular weight excluding hydrogens is 263 g/mol. The molecule has 20 heavy (non-hydrogen) atoms. The number of carbonyl (C=O) groups excluding carboxylic acids is 2. The summed E-state index contributed by atoms with van der Waals surface area (Å²) in [6.07, 6.45) is 0.722. The van der Waals surface area contributed by atoms with Crippen LogP contribution in [-0.2, 0) is 16.1 Å². The fourth-order valence-corrected chi connectivity index (χ4v) is 1.59. The van der Waals surface area contributed by atoms with Gasteiger partial charge in [-0.15, -0.1) is 0 Å². The second kappa shape index (κ2) is 8.27. The van der Waals surface area contributed by atoms with Crippen molar-refractivity contribution in [3.8, 4) is 0 Å². The van der Waals surface area contributed by atoms with E-state index >= 15 is 0 Å². The first-order valence-corrected chi connectivity index (χ1v) is 6.51. The van der Waals surface area contributed by atoms with Crippen molar-refractivity contribution in [3.05, 3.63) is 35.6 Å². The lowest BCUT2D eigenvalue weighted by molar-refractivity contribution is -0.139. The molecule has 6 heteroatoms. The minimum Gasteiger partial charge on any atom is -0.391 e. The Labute approximate surface area is 117 Å². The molecule has 2 amide bonds. The number of hydrogen-bond donors (Lipinski definition) is 3. The third-order valence-corrected chi connectivity index (χ3v) is 2.69. The molecule has 0 aliphatic rings. The van der Waals surface area contributed by atoms with E-state index in [0.717, 1.165) is 6.42 Å². The Balaban J connectivity index is 2.31. The van der Waals surface area contributed by atoms with Gasteiger partial charge in [0.2, 0.25) is 0 Å². The molecule has 0 saturated carbocycles. The molecule has 1 unspecified atom stereocenters. The zero-order chi connectivity index (χ0) is 15.0. The second-order valence-corrected chi connectivity index (χ2v) is 4.46. The first-order valence-electron chi connectivity index (χ1n) is 6.51. The molecule has 5 nitrogen and oxygen atoms in total. The van der Waals surface area contributed by atoms with Crippen molar-refractivity contribution < 1.29 is 19.1 Å². The highest BCUT2D eigenvalue weighted by Crippen LogP contribution is 2.01. The number of aliphatic hydroxyl groups is 1. The van der Waals surface area contributed by atoms with E-state index in [4.69, 9.17) is 0 Å². The van der Waals surface area contributed by atoms with Crippen LogP contribution in [0.3, 0.4) is 0 Å². The Morgan fingerprint density at radius 2 is 1.80 bits per heavy atom. The van der Waals surface area contributed by atoms with E-state index in [-0.39, 0.29) is 18.9 Å². The standard InChI is InChI=1S/C14H19FN2O3/c1-2-3-12(18)9-17-14(20)13(19)16-8-10-4-6-11(15)7-5-10/h4-7,12,18H,2-3,8-9H2,1H3,(H,16,19)(H,17,20). The van der Waals surface area contributed by atoms with Crippen molar-refractivity contribution in [2.24, 2.45) is 0 Å². The van der Waals surface area contributed by atoms with Crippen LogP contribution in [0.2, 0.25) is 0 Å². The summed E-state index contributed by atoms with van der Waals surface area (Å²) in [5.74, 6) is -1.93. The Hall–Kier alpha value is -1.95. The molecule has 1 aromatic carbocycles. The lowest BCUT2D eigenvalue weighted by atomic mass is 10.2. The van der Waals surface area contributed by atoms with Gasteiger partial charge in [0.25, 0.3) is 0 Å². The number of rotatable bonds is 6. The molecule has 1 rings (SSSR count). The van der Waals surface area contributed by atoms with E-state index < -0.39 is 17.9 Å². The maximum atomic E-state index is 12.7. The Kier molecular flexibility index (Phi) is 6.66. The zero-order valence-electron chi connectivity index (χ0n) is 11.4. The molecule has 1 atom stereocenters. The first-order chi connectivity index (χ1) is 9.52. The maximum absolute atomic E-state index is 12.7. The lowest BCUT2D eigenvalue weighted by Crippen LogP contribution is -2.42. The molecule has 0 aromatic heterocycles. The summed E-state index contributed by atoms with van der Waals surface area (Å²) in [6.45, 7) is 2.11. The topological polar surface area (TPSA) is 78.4 Å². The van der Waals surface area contributed by atoms with E-state index in [1.807, 2.05) is 6.92 Å². The van der Waals surface area contributed by atoms with Gasteiger partial charge in [-0.25, -0.2) is 4.39 Å². The van der Waals surface area contributed by atoms with Gasteiger partial charge in [0.1, 0.15) is 5.82 Å². The van der Waals surface area contributed by atoms with Gasteiger partial charge in [0.15, 0.2) is 0 Å². The SMILES string of the molecule is CCCC(O)CNC(=O)C(=O)NCc1ccc(F)cc1. The van der Waals surface area contributed by atoms with Crippen LogP contribution in [0.4, 0.5) is 4.39 Å². The van der Waals surface area contributed by atoms with Crippen molar-refractivity contribution in [3.63, 3.8) is 0 Å². The first kappa shape index (κ1) is 16.1. The normalized spacial score (nSPS) is 11.8.